The lowest BCUT2D eigenvalue weighted by Gasteiger charge is -2.18. The van der Waals surface area contributed by atoms with Crippen molar-refractivity contribution in [2.45, 2.75) is 46.1 Å². The fourth-order valence-corrected chi connectivity index (χ4v) is 3.02. The third-order valence-corrected chi connectivity index (χ3v) is 4.24. The average Bonchev–Trinajstić information content (AvgIpc) is 2.61. The van der Waals surface area contributed by atoms with E-state index in [0.717, 1.165) is 28.4 Å². The van der Waals surface area contributed by atoms with Crippen molar-refractivity contribution in [2.75, 3.05) is 0 Å². The summed E-state index contributed by atoms with van der Waals surface area (Å²) in [4.78, 5) is 12.3. The summed E-state index contributed by atoms with van der Waals surface area (Å²) >= 11 is 3.42. The van der Waals surface area contributed by atoms with Crippen molar-refractivity contribution in [3.05, 3.63) is 33.8 Å². The van der Waals surface area contributed by atoms with E-state index in [4.69, 9.17) is 0 Å². The molecule has 2 nitrogen and oxygen atoms in total. The number of aryl methyl sites for hydroxylation is 1. The Hall–Kier alpha value is -0.830. The Labute approximate surface area is 117 Å². The van der Waals surface area contributed by atoms with Crippen molar-refractivity contribution in [1.82, 2.24) is 5.32 Å². The van der Waals surface area contributed by atoms with Gasteiger partial charge in [-0.15, -0.1) is 0 Å². The molecule has 1 N–H and O–H groups in total. The predicted molar refractivity (Wildman–Crippen MR) is 77.8 cm³/mol. The first-order chi connectivity index (χ1) is 8.37. The molecule has 1 atom stereocenters. The fourth-order valence-electron chi connectivity index (χ4n) is 2.66. The van der Waals surface area contributed by atoms with Crippen LogP contribution in [0.2, 0.25) is 0 Å². The first-order valence-corrected chi connectivity index (χ1v) is 7.24. The van der Waals surface area contributed by atoms with Gasteiger partial charge >= 0.3 is 0 Å². The van der Waals surface area contributed by atoms with E-state index in [0.29, 0.717) is 11.5 Å². The number of rotatable bonds is 2. The Balaban J connectivity index is 2.06. The molecule has 1 aromatic rings. The maximum absolute atomic E-state index is 12.3. The minimum Gasteiger partial charge on any atom is -0.349 e. The highest BCUT2D eigenvalue weighted by Gasteiger charge is 2.31. The van der Waals surface area contributed by atoms with Gasteiger partial charge in [-0.2, -0.15) is 0 Å². The zero-order valence-corrected chi connectivity index (χ0v) is 12.8. The SMILES string of the molecule is Cc1ccc(Br)cc1C(=O)NC1CCC(C)(C)C1. The van der Waals surface area contributed by atoms with Gasteiger partial charge in [-0.3, -0.25) is 4.79 Å². The largest absolute Gasteiger partial charge is 0.349 e. The van der Waals surface area contributed by atoms with Crippen molar-refractivity contribution in [3.63, 3.8) is 0 Å². The van der Waals surface area contributed by atoms with Gasteiger partial charge < -0.3 is 5.32 Å². The third-order valence-electron chi connectivity index (χ3n) is 3.75. The van der Waals surface area contributed by atoms with Gasteiger partial charge in [-0.1, -0.05) is 35.8 Å². The molecule has 1 unspecified atom stereocenters. The molecule has 1 amide bonds. The number of carbonyl (C=O) groups excluding carboxylic acids is 1. The minimum atomic E-state index is 0.0523. The van der Waals surface area contributed by atoms with Crippen LogP contribution in [0.25, 0.3) is 0 Å². The molecule has 0 aromatic heterocycles. The van der Waals surface area contributed by atoms with Crippen LogP contribution in [0.5, 0.6) is 0 Å². The van der Waals surface area contributed by atoms with E-state index < -0.39 is 0 Å². The molecular weight excluding hydrogens is 290 g/mol. The van der Waals surface area contributed by atoms with E-state index in [1.165, 1.54) is 6.42 Å². The van der Waals surface area contributed by atoms with E-state index >= 15 is 0 Å². The van der Waals surface area contributed by atoms with Gasteiger partial charge in [0.1, 0.15) is 0 Å². The van der Waals surface area contributed by atoms with Gasteiger partial charge in [0.05, 0.1) is 0 Å². The topological polar surface area (TPSA) is 29.1 Å². The van der Waals surface area contributed by atoms with Crippen molar-refractivity contribution in [1.29, 1.82) is 0 Å². The average molecular weight is 310 g/mol. The second-order valence-corrected chi connectivity index (χ2v) is 6.95. The monoisotopic (exact) mass is 309 g/mol. The molecule has 98 valence electrons. The van der Waals surface area contributed by atoms with E-state index in [9.17, 15) is 4.79 Å². The molecule has 0 radical (unpaired) electrons. The number of halogens is 1. The molecule has 0 bridgehead atoms. The molecule has 1 aromatic carbocycles. The van der Waals surface area contributed by atoms with Gasteiger partial charge in [-0.05, 0) is 49.3 Å². The zero-order valence-electron chi connectivity index (χ0n) is 11.2. The number of hydrogen-bond donors (Lipinski definition) is 1. The van der Waals surface area contributed by atoms with Crippen molar-refractivity contribution in [2.24, 2.45) is 5.41 Å². The molecule has 0 saturated heterocycles. The van der Waals surface area contributed by atoms with Gasteiger partial charge in [0.25, 0.3) is 5.91 Å². The van der Waals surface area contributed by atoms with Crippen LogP contribution >= 0.6 is 15.9 Å². The standard InChI is InChI=1S/C15H20BrNO/c1-10-4-5-11(16)8-13(10)14(18)17-12-6-7-15(2,3)9-12/h4-5,8,12H,6-7,9H2,1-3H3,(H,17,18). The number of hydrogen-bond acceptors (Lipinski definition) is 1. The third kappa shape index (κ3) is 3.14. The van der Waals surface area contributed by atoms with Gasteiger partial charge in [-0.25, -0.2) is 0 Å². The molecule has 0 heterocycles. The van der Waals surface area contributed by atoms with Crippen LogP contribution in [0, 0.1) is 12.3 Å². The summed E-state index contributed by atoms with van der Waals surface area (Å²) in [6.07, 6.45) is 3.35. The van der Waals surface area contributed by atoms with Crippen LogP contribution in [0.1, 0.15) is 49.0 Å². The highest BCUT2D eigenvalue weighted by molar-refractivity contribution is 9.10. The van der Waals surface area contributed by atoms with Gasteiger partial charge in [0, 0.05) is 16.1 Å². The Morgan fingerprint density at radius 1 is 1.44 bits per heavy atom. The van der Waals surface area contributed by atoms with Crippen LogP contribution in [0.15, 0.2) is 22.7 Å². The summed E-state index contributed by atoms with van der Waals surface area (Å²) < 4.78 is 0.949. The first-order valence-electron chi connectivity index (χ1n) is 6.44. The molecule has 3 heteroatoms. The minimum absolute atomic E-state index is 0.0523. The van der Waals surface area contributed by atoms with Crippen molar-refractivity contribution < 1.29 is 4.79 Å². The Kier molecular flexibility index (Phi) is 3.81. The summed E-state index contributed by atoms with van der Waals surface area (Å²) in [6, 6.07) is 6.15. The quantitative estimate of drug-likeness (QED) is 0.876. The maximum atomic E-state index is 12.3. The van der Waals surface area contributed by atoms with E-state index in [-0.39, 0.29) is 5.91 Å². The molecular formula is C15H20BrNO. The number of carbonyl (C=O) groups is 1. The Morgan fingerprint density at radius 2 is 2.17 bits per heavy atom. The van der Waals surface area contributed by atoms with Gasteiger partial charge in [0.15, 0.2) is 0 Å². The van der Waals surface area contributed by atoms with Crippen LogP contribution in [0.3, 0.4) is 0 Å². The lowest BCUT2D eigenvalue weighted by molar-refractivity contribution is 0.0935. The van der Waals surface area contributed by atoms with Crippen LogP contribution in [0.4, 0.5) is 0 Å². The second kappa shape index (κ2) is 5.04. The predicted octanol–water partition coefficient (Wildman–Crippen LogP) is 4.07. The van der Waals surface area contributed by atoms with E-state index in [1.807, 2.05) is 25.1 Å². The fraction of sp³-hybridized carbons (Fsp3) is 0.533. The van der Waals surface area contributed by atoms with Crippen molar-refractivity contribution >= 4 is 21.8 Å². The summed E-state index contributed by atoms with van der Waals surface area (Å²) in [5.41, 5.74) is 2.16. The number of benzene rings is 1. The Morgan fingerprint density at radius 3 is 2.78 bits per heavy atom. The molecule has 2 rings (SSSR count). The lowest BCUT2D eigenvalue weighted by atomic mass is 9.92. The molecule has 1 saturated carbocycles. The highest BCUT2D eigenvalue weighted by Crippen LogP contribution is 2.37. The second-order valence-electron chi connectivity index (χ2n) is 6.04. The number of amides is 1. The lowest BCUT2D eigenvalue weighted by Crippen LogP contribution is -2.33. The summed E-state index contributed by atoms with van der Waals surface area (Å²) in [7, 11) is 0. The summed E-state index contributed by atoms with van der Waals surface area (Å²) in [5.74, 6) is 0.0523. The smallest absolute Gasteiger partial charge is 0.251 e. The first kappa shape index (κ1) is 13.6. The molecule has 0 aliphatic heterocycles. The molecule has 0 spiro atoms. The summed E-state index contributed by atoms with van der Waals surface area (Å²) in [6.45, 7) is 6.51. The number of nitrogens with one attached hydrogen (secondary N) is 1. The van der Waals surface area contributed by atoms with Crippen molar-refractivity contribution in [3.8, 4) is 0 Å². The van der Waals surface area contributed by atoms with Crippen LogP contribution in [-0.2, 0) is 0 Å². The summed E-state index contributed by atoms with van der Waals surface area (Å²) in [5, 5.41) is 3.16. The highest BCUT2D eigenvalue weighted by atomic mass is 79.9. The Bertz CT molecular complexity index is 468. The zero-order chi connectivity index (χ0) is 13.3. The van der Waals surface area contributed by atoms with E-state index in [2.05, 4.69) is 35.1 Å². The van der Waals surface area contributed by atoms with Gasteiger partial charge in [0.2, 0.25) is 0 Å². The van der Waals surface area contributed by atoms with Crippen LogP contribution in [-0.4, -0.2) is 11.9 Å². The molecule has 1 fully saturated rings. The van der Waals surface area contributed by atoms with E-state index in [1.54, 1.807) is 0 Å². The maximum Gasteiger partial charge on any atom is 0.251 e. The molecule has 1 aliphatic carbocycles. The molecule has 1 aliphatic rings. The normalized spacial score (nSPS) is 21.9. The van der Waals surface area contributed by atoms with Crippen LogP contribution < -0.4 is 5.32 Å². The molecule has 18 heavy (non-hydrogen) atoms.